The Bertz CT molecular complexity index is 678. The second kappa shape index (κ2) is 9.56. The largest absolute Gasteiger partial charge is 0.494 e. The molecule has 0 bridgehead atoms. The second-order valence-corrected chi connectivity index (χ2v) is 5.14. The summed E-state index contributed by atoms with van der Waals surface area (Å²) >= 11 is 0. The molecule has 0 unspecified atom stereocenters. The van der Waals surface area contributed by atoms with E-state index >= 15 is 0 Å². The molecule has 0 radical (unpaired) electrons. The number of carbonyl (C=O) groups excluding carboxylic acids is 1. The number of benzene rings is 2. The van der Waals surface area contributed by atoms with Gasteiger partial charge >= 0.3 is 6.61 Å². The van der Waals surface area contributed by atoms with Crippen molar-refractivity contribution in [2.24, 2.45) is 0 Å². The molecule has 4 nitrogen and oxygen atoms in total. The van der Waals surface area contributed by atoms with Crippen molar-refractivity contribution in [3.05, 3.63) is 59.9 Å². The zero-order valence-corrected chi connectivity index (χ0v) is 13.4. The number of rotatable bonds is 9. The summed E-state index contributed by atoms with van der Waals surface area (Å²) in [5, 5.41) is 2.65. The number of ether oxygens (including phenoxy) is 2. The van der Waals surface area contributed by atoms with Gasteiger partial charge in [0.05, 0.1) is 12.2 Å². The fourth-order valence-corrected chi connectivity index (χ4v) is 2.10. The summed E-state index contributed by atoms with van der Waals surface area (Å²) in [6.45, 7) is -2.20. The predicted molar refractivity (Wildman–Crippen MR) is 86.5 cm³/mol. The van der Waals surface area contributed by atoms with Crippen molar-refractivity contribution in [2.75, 3.05) is 13.2 Å². The highest BCUT2D eigenvalue weighted by Crippen LogP contribution is 2.20. The van der Waals surface area contributed by atoms with Crippen LogP contribution in [-0.2, 0) is 0 Å². The van der Waals surface area contributed by atoms with Gasteiger partial charge in [-0.05, 0) is 49.2 Å². The first-order valence-corrected chi connectivity index (χ1v) is 7.76. The molecule has 0 spiro atoms. The number of hydrogen-bond donors (Lipinski definition) is 1. The number of amides is 1. The molecule has 1 amide bonds. The van der Waals surface area contributed by atoms with E-state index in [1.807, 2.05) is 0 Å². The highest BCUT2D eigenvalue weighted by atomic mass is 19.3. The Morgan fingerprint density at radius 2 is 1.76 bits per heavy atom. The van der Waals surface area contributed by atoms with Crippen LogP contribution in [0.5, 0.6) is 11.5 Å². The van der Waals surface area contributed by atoms with Crippen LogP contribution in [0.1, 0.15) is 23.2 Å². The summed E-state index contributed by atoms with van der Waals surface area (Å²) < 4.78 is 47.2. The lowest BCUT2D eigenvalue weighted by Crippen LogP contribution is -2.25. The third kappa shape index (κ3) is 6.37. The standard InChI is InChI=1S/C18H18F3NO3/c19-13-7-9-14(10-8-13)24-12-4-3-11-22-17(23)15-5-1-2-6-16(15)25-18(20)21/h1-2,5-10,18H,3-4,11-12H2,(H,22,23). The summed E-state index contributed by atoms with van der Waals surface area (Å²) in [4.78, 5) is 12.0. The van der Waals surface area contributed by atoms with Gasteiger partial charge in [-0.15, -0.1) is 0 Å². The maximum absolute atomic E-state index is 12.7. The number of hydrogen-bond acceptors (Lipinski definition) is 3. The van der Waals surface area contributed by atoms with Crippen LogP contribution in [0, 0.1) is 5.82 Å². The molecule has 0 heterocycles. The highest BCUT2D eigenvalue weighted by Gasteiger charge is 2.14. The molecule has 0 saturated carbocycles. The van der Waals surface area contributed by atoms with Crippen molar-refractivity contribution >= 4 is 5.91 Å². The molecule has 2 aromatic rings. The van der Waals surface area contributed by atoms with Crippen LogP contribution in [0.15, 0.2) is 48.5 Å². The molecule has 25 heavy (non-hydrogen) atoms. The molecular weight excluding hydrogens is 335 g/mol. The number of carbonyl (C=O) groups is 1. The lowest BCUT2D eigenvalue weighted by Gasteiger charge is -2.11. The third-order valence-corrected chi connectivity index (χ3v) is 3.29. The van der Waals surface area contributed by atoms with E-state index in [1.165, 1.54) is 42.5 Å². The number of halogens is 3. The van der Waals surface area contributed by atoms with Gasteiger partial charge in [-0.3, -0.25) is 4.79 Å². The van der Waals surface area contributed by atoms with E-state index in [0.717, 1.165) is 0 Å². The highest BCUT2D eigenvalue weighted by molar-refractivity contribution is 5.96. The molecule has 1 N–H and O–H groups in total. The SMILES string of the molecule is O=C(NCCCCOc1ccc(F)cc1)c1ccccc1OC(F)F. The average Bonchev–Trinajstić information content (AvgIpc) is 2.59. The van der Waals surface area contributed by atoms with Crippen LogP contribution < -0.4 is 14.8 Å². The van der Waals surface area contributed by atoms with Crippen LogP contribution in [0.3, 0.4) is 0 Å². The smallest absolute Gasteiger partial charge is 0.387 e. The number of para-hydroxylation sites is 1. The van der Waals surface area contributed by atoms with E-state index in [9.17, 15) is 18.0 Å². The first-order chi connectivity index (χ1) is 12.1. The number of alkyl halides is 2. The van der Waals surface area contributed by atoms with E-state index in [-0.39, 0.29) is 17.1 Å². The van der Waals surface area contributed by atoms with E-state index in [2.05, 4.69) is 10.1 Å². The summed E-state index contributed by atoms with van der Waals surface area (Å²) in [5.74, 6) is -0.389. The Morgan fingerprint density at radius 1 is 1.04 bits per heavy atom. The third-order valence-electron chi connectivity index (χ3n) is 3.29. The summed E-state index contributed by atoms with van der Waals surface area (Å²) in [7, 11) is 0. The van der Waals surface area contributed by atoms with E-state index in [0.29, 0.717) is 31.7 Å². The summed E-state index contributed by atoms with van der Waals surface area (Å²) in [6, 6.07) is 11.5. The molecule has 7 heteroatoms. The van der Waals surface area contributed by atoms with Gasteiger partial charge in [-0.1, -0.05) is 12.1 Å². The maximum Gasteiger partial charge on any atom is 0.387 e. The van der Waals surface area contributed by atoms with Crippen LogP contribution in [-0.4, -0.2) is 25.7 Å². The molecule has 0 fully saturated rings. The molecule has 0 atom stereocenters. The monoisotopic (exact) mass is 353 g/mol. The second-order valence-electron chi connectivity index (χ2n) is 5.14. The Hall–Kier alpha value is -2.70. The average molecular weight is 353 g/mol. The fourth-order valence-electron chi connectivity index (χ4n) is 2.10. The lowest BCUT2D eigenvalue weighted by atomic mass is 10.2. The van der Waals surface area contributed by atoms with Crippen molar-refractivity contribution in [1.29, 1.82) is 0 Å². The number of nitrogens with one attached hydrogen (secondary N) is 1. The topological polar surface area (TPSA) is 47.6 Å². The minimum atomic E-state index is -2.99. The van der Waals surface area contributed by atoms with Crippen molar-refractivity contribution < 1.29 is 27.4 Å². The number of unbranched alkanes of at least 4 members (excludes halogenated alkanes) is 1. The van der Waals surface area contributed by atoms with Gasteiger partial charge in [0.15, 0.2) is 0 Å². The van der Waals surface area contributed by atoms with Gasteiger partial charge in [0.2, 0.25) is 0 Å². The summed E-state index contributed by atoms with van der Waals surface area (Å²) in [5.41, 5.74) is 0.0605. The quantitative estimate of drug-likeness (QED) is 0.693. The van der Waals surface area contributed by atoms with E-state index in [1.54, 1.807) is 6.07 Å². The zero-order valence-electron chi connectivity index (χ0n) is 13.4. The molecule has 0 aliphatic heterocycles. The molecule has 0 aliphatic rings. The van der Waals surface area contributed by atoms with Gasteiger partial charge in [0, 0.05) is 6.54 Å². The van der Waals surface area contributed by atoms with Crippen molar-refractivity contribution in [1.82, 2.24) is 5.32 Å². The van der Waals surface area contributed by atoms with E-state index in [4.69, 9.17) is 4.74 Å². The van der Waals surface area contributed by atoms with Crippen LogP contribution in [0.2, 0.25) is 0 Å². The Kier molecular flexibility index (Phi) is 7.13. The van der Waals surface area contributed by atoms with Crippen molar-refractivity contribution in [2.45, 2.75) is 19.5 Å². The van der Waals surface area contributed by atoms with Crippen molar-refractivity contribution in [3.63, 3.8) is 0 Å². The minimum Gasteiger partial charge on any atom is -0.494 e. The molecule has 2 aromatic carbocycles. The van der Waals surface area contributed by atoms with Crippen LogP contribution >= 0.6 is 0 Å². The lowest BCUT2D eigenvalue weighted by molar-refractivity contribution is -0.0501. The molecule has 0 aliphatic carbocycles. The van der Waals surface area contributed by atoms with Crippen molar-refractivity contribution in [3.8, 4) is 11.5 Å². The molecular formula is C18H18F3NO3. The summed E-state index contributed by atoms with van der Waals surface area (Å²) in [6.07, 6.45) is 1.32. The Morgan fingerprint density at radius 3 is 2.48 bits per heavy atom. The first-order valence-electron chi connectivity index (χ1n) is 7.76. The molecule has 2 rings (SSSR count). The van der Waals surface area contributed by atoms with Gasteiger partial charge in [-0.25, -0.2) is 4.39 Å². The normalized spacial score (nSPS) is 10.6. The minimum absolute atomic E-state index is 0.0605. The maximum atomic E-state index is 12.7. The zero-order chi connectivity index (χ0) is 18.1. The Balaban J connectivity index is 1.69. The van der Waals surface area contributed by atoms with Gasteiger partial charge < -0.3 is 14.8 Å². The van der Waals surface area contributed by atoms with E-state index < -0.39 is 12.5 Å². The molecule has 0 aromatic heterocycles. The molecule has 134 valence electrons. The Labute approximate surface area is 143 Å². The van der Waals surface area contributed by atoms with Gasteiger partial charge in [0.25, 0.3) is 5.91 Å². The first kappa shape index (κ1) is 18.6. The van der Waals surface area contributed by atoms with Crippen LogP contribution in [0.25, 0.3) is 0 Å². The molecule has 0 saturated heterocycles. The van der Waals surface area contributed by atoms with Gasteiger partial charge in [0.1, 0.15) is 17.3 Å². The van der Waals surface area contributed by atoms with Crippen LogP contribution in [0.4, 0.5) is 13.2 Å². The van der Waals surface area contributed by atoms with Gasteiger partial charge in [-0.2, -0.15) is 8.78 Å². The predicted octanol–water partition coefficient (Wildman–Crippen LogP) is 4.02. The fraction of sp³-hybridized carbons (Fsp3) is 0.278.